The maximum absolute atomic E-state index is 13.1. The van der Waals surface area contributed by atoms with E-state index in [9.17, 15) is 14.4 Å². The number of benzene rings is 1. The van der Waals surface area contributed by atoms with Gasteiger partial charge in [0.2, 0.25) is 0 Å². The summed E-state index contributed by atoms with van der Waals surface area (Å²) in [7, 11) is 0. The second-order valence-electron chi connectivity index (χ2n) is 4.73. The van der Waals surface area contributed by atoms with E-state index in [-0.39, 0.29) is 22.6 Å². The van der Waals surface area contributed by atoms with Crippen molar-refractivity contribution in [3.63, 3.8) is 0 Å². The Morgan fingerprint density at radius 3 is 3.05 bits per heavy atom. The smallest absolute Gasteiger partial charge is 0.264 e. The van der Waals surface area contributed by atoms with Crippen LogP contribution in [0.5, 0.6) is 0 Å². The summed E-state index contributed by atoms with van der Waals surface area (Å²) >= 11 is 0. The SMILES string of the molecule is [2H]c1ccc(N)c2c(=O)n(C3C(=O)CC(=O)CC3([2H])[2H])c(C([2H])([2H])[2H])nc12. The number of hydrogen-bond acceptors (Lipinski definition) is 5. The van der Waals surface area contributed by atoms with Gasteiger partial charge >= 0.3 is 0 Å². The van der Waals surface area contributed by atoms with E-state index >= 15 is 0 Å². The molecule has 108 valence electrons. The molecule has 6 heteroatoms. The molecule has 1 aliphatic carbocycles. The number of Topliss-reactive ketones (excluding diaryl/α,β-unsaturated/α-hetero) is 2. The van der Waals surface area contributed by atoms with Crippen molar-refractivity contribution >= 4 is 28.2 Å². The number of hydrogen-bond donors (Lipinski definition) is 1. The maximum Gasteiger partial charge on any atom is 0.264 e. The fraction of sp³-hybridized carbons (Fsp3) is 0.333. The third-order valence-electron chi connectivity index (χ3n) is 3.31. The minimum Gasteiger partial charge on any atom is -0.398 e. The van der Waals surface area contributed by atoms with Crippen molar-refractivity contribution in [2.24, 2.45) is 0 Å². The number of nitrogens with zero attached hydrogens (tertiary/aromatic N) is 2. The number of anilines is 1. The summed E-state index contributed by atoms with van der Waals surface area (Å²) in [5.41, 5.74) is 4.44. The van der Waals surface area contributed by atoms with Crippen molar-refractivity contribution in [1.29, 1.82) is 0 Å². The van der Waals surface area contributed by atoms with Crippen LogP contribution in [0.1, 0.15) is 39.3 Å². The van der Waals surface area contributed by atoms with Gasteiger partial charge < -0.3 is 5.73 Å². The molecule has 21 heavy (non-hydrogen) atoms. The number of aromatic nitrogens is 2. The lowest BCUT2D eigenvalue weighted by atomic mass is 9.92. The summed E-state index contributed by atoms with van der Waals surface area (Å²) in [6.07, 6.45) is -3.72. The summed E-state index contributed by atoms with van der Waals surface area (Å²) in [6, 6.07) is 0.459. The zero-order valence-corrected chi connectivity index (χ0v) is 10.8. The van der Waals surface area contributed by atoms with Gasteiger partial charge in [-0.2, -0.15) is 0 Å². The third-order valence-corrected chi connectivity index (χ3v) is 3.31. The molecule has 1 aromatic heterocycles. The molecule has 0 aliphatic heterocycles. The predicted molar refractivity (Wildman–Crippen MR) is 78.1 cm³/mol. The van der Waals surface area contributed by atoms with Gasteiger partial charge in [-0.05, 0) is 25.3 Å². The van der Waals surface area contributed by atoms with Gasteiger partial charge in [0.25, 0.3) is 5.56 Å². The van der Waals surface area contributed by atoms with Crippen LogP contribution in [0.25, 0.3) is 10.9 Å². The fourth-order valence-corrected chi connectivity index (χ4v) is 2.34. The quantitative estimate of drug-likeness (QED) is 0.628. The molecule has 0 spiro atoms. The van der Waals surface area contributed by atoms with Crippen molar-refractivity contribution in [2.75, 3.05) is 5.73 Å². The van der Waals surface area contributed by atoms with Crippen LogP contribution in [0.2, 0.25) is 0 Å². The van der Waals surface area contributed by atoms with E-state index in [1.807, 2.05) is 0 Å². The van der Waals surface area contributed by atoms with E-state index in [2.05, 4.69) is 4.98 Å². The average Bonchev–Trinajstić information content (AvgIpc) is 2.49. The number of carbonyl (C=O) groups is 2. The molecule has 0 bridgehead atoms. The molecule has 1 saturated carbocycles. The van der Waals surface area contributed by atoms with Crippen LogP contribution in [0.3, 0.4) is 0 Å². The van der Waals surface area contributed by atoms with Crippen molar-refractivity contribution in [3.05, 3.63) is 34.4 Å². The third kappa shape index (κ3) is 2.12. The molecular formula is C15H15N3O3. The lowest BCUT2D eigenvalue weighted by molar-refractivity contribution is -0.132. The van der Waals surface area contributed by atoms with Crippen LogP contribution in [-0.4, -0.2) is 21.1 Å². The van der Waals surface area contributed by atoms with Gasteiger partial charge in [0.15, 0.2) is 5.78 Å². The lowest BCUT2D eigenvalue weighted by Crippen LogP contribution is -2.36. The van der Waals surface area contributed by atoms with Gasteiger partial charge in [0.05, 0.1) is 24.7 Å². The van der Waals surface area contributed by atoms with E-state index in [0.717, 1.165) is 0 Å². The molecule has 3 rings (SSSR count). The number of rotatable bonds is 1. The second kappa shape index (κ2) is 4.80. The summed E-state index contributed by atoms with van der Waals surface area (Å²) in [4.78, 5) is 41.0. The van der Waals surface area contributed by atoms with Crippen LogP contribution in [0.15, 0.2) is 23.0 Å². The monoisotopic (exact) mass is 291 g/mol. The Labute approximate surface area is 129 Å². The summed E-state index contributed by atoms with van der Waals surface area (Å²) in [5, 5.41) is -0.268. The summed E-state index contributed by atoms with van der Waals surface area (Å²) < 4.78 is 47.5. The normalized spacial score (nSPS) is 26.4. The number of fused-ring (bicyclic) bond motifs is 1. The van der Waals surface area contributed by atoms with Gasteiger partial charge in [0, 0.05) is 19.0 Å². The molecule has 1 aromatic carbocycles. The second-order valence-corrected chi connectivity index (χ2v) is 4.73. The van der Waals surface area contributed by atoms with Crippen LogP contribution < -0.4 is 11.3 Å². The molecule has 6 nitrogen and oxygen atoms in total. The molecule has 0 amide bonds. The van der Waals surface area contributed by atoms with Gasteiger partial charge in [-0.25, -0.2) is 4.98 Å². The van der Waals surface area contributed by atoms with Crippen molar-refractivity contribution < 1.29 is 17.8 Å². The average molecular weight is 291 g/mol. The van der Waals surface area contributed by atoms with Crippen molar-refractivity contribution in [2.45, 2.75) is 32.1 Å². The summed E-state index contributed by atoms with van der Waals surface area (Å²) in [6.45, 7) is -2.97. The number of ketones is 2. The molecular weight excluding hydrogens is 270 g/mol. The fourth-order valence-electron chi connectivity index (χ4n) is 2.34. The highest BCUT2D eigenvalue weighted by Crippen LogP contribution is 2.24. The van der Waals surface area contributed by atoms with Crippen LogP contribution in [0, 0.1) is 6.85 Å². The van der Waals surface area contributed by atoms with E-state index < -0.39 is 55.1 Å². The largest absolute Gasteiger partial charge is 0.398 e. The van der Waals surface area contributed by atoms with Crippen LogP contribution in [-0.2, 0) is 9.59 Å². The first-order chi connectivity index (χ1) is 12.3. The molecule has 1 aliphatic rings. The van der Waals surface area contributed by atoms with E-state index in [0.29, 0.717) is 4.57 Å². The van der Waals surface area contributed by atoms with E-state index in [1.54, 1.807) is 0 Å². The lowest BCUT2D eigenvalue weighted by Gasteiger charge is -2.24. The van der Waals surface area contributed by atoms with E-state index in [1.165, 1.54) is 12.1 Å². The minimum absolute atomic E-state index is 0.0794. The molecule has 1 heterocycles. The number of carbonyl (C=O) groups excluding carboxylic acids is 2. The Morgan fingerprint density at radius 2 is 2.33 bits per heavy atom. The van der Waals surface area contributed by atoms with Crippen LogP contribution >= 0.6 is 0 Å². The molecule has 0 saturated heterocycles. The zero-order chi connectivity index (χ0) is 20.3. The van der Waals surface area contributed by atoms with E-state index in [4.69, 9.17) is 14.0 Å². The van der Waals surface area contributed by atoms with Crippen molar-refractivity contribution in [1.82, 2.24) is 9.55 Å². The standard InChI is InChI=1S/C15H15N3O3/c1-8-17-11-4-2-3-10(16)14(11)15(21)18(8)12-6-5-9(19)7-13(12)20/h2-4,12H,5-7,16H2,1H3/i1D3,4D,6D2. The van der Waals surface area contributed by atoms with Gasteiger partial charge in [-0.15, -0.1) is 0 Å². The number of nitrogens with two attached hydrogens (primary N) is 1. The highest BCUT2D eigenvalue weighted by Gasteiger charge is 2.30. The highest BCUT2D eigenvalue weighted by atomic mass is 16.2. The van der Waals surface area contributed by atoms with Gasteiger partial charge in [-0.1, -0.05) is 6.07 Å². The Bertz CT molecular complexity index is 1040. The first-order valence-electron chi connectivity index (χ1n) is 9.21. The number of aryl methyl sites for hydroxylation is 1. The highest BCUT2D eigenvalue weighted by molar-refractivity contribution is 6.03. The van der Waals surface area contributed by atoms with Crippen LogP contribution in [0.4, 0.5) is 5.69 Å². The Kier molecular flexibility index (Phi) is 1.84. The maximum atomic E-state index is 13.1. The first-order valence-corrected chi connectivity index (χ1v) is 6.21. The topological polar surface area (TPSA) is 95.0 Å². The number of nitrogen functional groups attached to an aromatic ring is 1. The molecule has 1 atom stereocenters. The summed E-state index contributed by atoms with van der Waals surface area (Å²) in [5.74, 6) is -2.37. The van der Waals surface area contributed by atoms with Gasteiger partial charge in [0.1, 0.15) is 11.6 Å². The first kappa shape index (κ1) is 8.07. The Balaban J connectivity index is 2.47. The Hall–Kier alpha value is -2.50. The molecule has 0 radical (unpaired) electrons. The molecule has 1 fully saturated rings. The minimum atomic E-state index is -2.97. The zero-order valence-electron chi connectivity index (χ0n) is 16.8. The predicted octanol–water partition coefficient (Wildman–Crippen LogP) is 1.15. The molecule has 2 N–H and O–H groups in total. The molecule has 2 aromatic rings. The van der Waals surface area contributed by atoms with Gasteiger partial charge in [-0.3, -0.25) is 19.0 Å². The van der Waals surface area contributed by atoms with Crippen molar-refractivity contribution in [3.8, 4) is 0 Å². The Morgan fingerprint density at radius 1 is 1.52 bits per heavy atom. The molecule has 1 unspecified atom stereocenters.